The molecule has 1 saturated heterocycles. The molecule has 4 rings (SSSR count). The molecule has 148 valence electrons. The molecule has 0 bridgehead atoms. The molecule has 6 nitrogen and oxygen atoms in total. The average Bonchev–Trinajstić information content (AvgIpc) is 3.30. The van der Waals surface area contributed by atoms with Gasteiger partial charge in [-0.05, 0) is 42.5 Å². The minimum atomic E-state index is -0.109. The Morgan fingerprint density at radius 3 is 2.52 bits per heavy atom. The van der Waals surface area contributed by atoms with Crippen molar-refractivity contribution in [2.75, 3.05) is 18.4 Å². The number of thiophene rings is 1. The fourth-order valence-electron chi connectivity index (χ4n) is 3.28. The van der Waals surface area contributed by atoms with E-state index < -0.39 is 0 Å². The summed E-state index contributed by atoms with van der Waals surface area (Å²) in [4.78, 5) is 31.0. The van der Waals surface area contributed by atoms with Crippen molar-refractivity contribution in [3.8, 4) is 11.6 Å². The number of aromatic nitrogens is 1. The number of hydrogen-bond acceptors (Lipinski definition) is 5. The van der Waals surface area contributed by atoms with Gasteiger partial charge in [0.1, 0.15) is 5.75 Å². The van der Waals surface area contributed by atoms with Crippen LogP contribution in [0.1, 0.15) is 23.2 Å². The fourth-order valence-corrected chi connectivity index (χ4v) is 3.91. The number of benzene rings is 1. The number of carbonyl (C=O) groups excluding carboxylic acids is 2. The number of carbonyl (C=O) groups is 2. The maximum atomic E-state index is 12.6. The summed E-state index contributed by atoms with van der Waals surface area (Å²) < 4.78 is 5.66. The SMILES string of the molecule is O=C(Nc1ccc(Oc2ccccc2)nc1)C1CCN(C(=O)c2ccsc2)CC1. The molecule has 1 fully saturated rings. The van der Waals surface area contributed by atoms with Gasteiger partial charge in [-0.3, -0.25) is 9.59 Å². The number of amides is 2. The molecule has 2 aromatic heterocycles. The van der Waals surface area contributed by atoms with E-state index in [-0.39, 0.29) is 17.7 Å². The third-order valence-electron chi connectivity index (χ3n) is 4.89. The van der Waals surface area contributed by atoms with E-state index in [0.717, 1.165) is 5.56 Å². The molecule has 1 aliphatic heterocycles. The summed E-state index contributed by atoms with van der Waals surface area (Å²) in [5.74, 6) is 1.08. The van der Waals surface area contributed by atoms with Crippen molar-refractivity contribution < 1.29 is 14.3 Å². The van der Waals surface area contributed by atoms with E-state index in [0.29, 0.717) is 43.2 Å². The molecule has 0 radical (unpaired) electrons. The van der Waals surface area contributed by atoms with Crippen LogP contribution in [0.15, 0.2) is 65.5 Å². The number of anilines is 1. The first-order valence-corrected chi connectivity index (χ1v) is 10.4. The topological polar surface area (TPSA) is 71.5 Å². The molecule has 1 N–H and O–H groups in total. The second kappa shape index (κ2) is 8.87. The molecule has 3 heterocycles. The van der Waals surface area contributed by atoms with Gasteiger partial charge >= 0.3 is 0 Å². The number of para-hydroxylation sites is 1. The maximum absolute atomic E-state index is 12.6. The van der Waals surface area contributed by atoms with E-state index in [9.17, 15) is 9.59 Å². The Morgan fingerprint density at radius 1 is 1.07 bits per heavy atom. The van der Waals surface area contributed by atoms with Gasteiger partial charge in [-0.1, -0.05) is 18.2 Å². The van der Waals surface area contributed by atoms with E-state index >= 15 is 0 Å². The first kappa shape index (κ1) is 19.1. The number of hydrogen-bond donors (Lipinski definition) is 1. The normalized spacial score (nSPS) is 14.4. The van der Waals surface area contributed by atoms with E-state index in [1.54, 1.807) is 18.3 Å². The van der Waals surface area contributed by atoms with Crippen molar-refractivity contribution >= 4 is 28.8 Å². The largest absolute Gasteiger partial charge is 0.439 e. The molecule has 1 aliphatic rings. The van der Waals surface area contributed by atoms with Crippen LogP contribution < -0.4 is 10.1 Å². The summed E-state index contributed by atoms with van der Waals surface area (Å²) in [6.07, 6.45) is 2.90. The molecule has 3 aromatic rings. The zero-order valence-electron chi connectivity index (χ0n) is 15.8. The van der Waals surface area contributed by atoms with E-state index in [2.05, 4.69) is 10.3 Å². The Hall–Kier alpha value is -3.19. The molecule has 0 atom stereocenters. The molecule has 0 spiro atoms. The zero-order chi connectivity index (χ0) is 20.1. The van der Waals surface area contributed by atoms with Crippen molar-refractivity contribution in [3.63, 3.8) is 0 Å². The summed E-state index contributed by atoms with van der Waals surface area (Å²) in [6.45, 7) is 1.18. The average molecular weight is 407 g/mol. The minimum absolute atomic E-state index is 0.0360. The van der Waals surface area contributed by atoms with Crippen molar-refractivity contribution in [3.05, 3.63) is 71.1 Å². The Bertz CT molecular complexity index is 951. The highest BCUT2D eigenvalue weighted by atomic mass is 32.1. The quantitative estimate of drug-likeness (QED) is 0.679. The van der Waals surface area contributed by atoms with E-state index in [1.807, 2.05) is 52.1 Å². The molecule has 1 aromatic carbocycles. The lowest BCUT2D eigenvalue weighted by Crippen LogP contribution is -2.41. The van der Waals surface area contributed by atoms with Gasteiger partial charge < -0.3 is 15.0 Å². The standard InChI is InChI=1S/C22H21N3O3S/c26-21(16-8-11-25(12-9-16)22(27)17-10-13-29-15-17)24-18-6-7-20(23-14-18)28-19-4-2-1-3-5-19/h1-7,10,13-16H,8-9,11-12H2,(H,24,26). The van der Waals surface area contributed by atoms with E-state index in [1.165, 1.54) is 11.3 Å². The van der Waals surface area contributed by atoms with Crippen LogP contribution in [0.25, 0.3) is 0 Å². The molecule has 29 heavy (non-hydrogen) atoms. The highest BCUT2D eigenvalue weighted by Gasteiger charge is 2.28. The second-order valence-electron chi connectivity index (χ2n) is 6.87. The van der Waals surface area contributed by atoms with Crippen LogP contribution in [0.3, 0.4) is 0 Å². The lowest BCUT2D eigenvalue weighted by Gasteiger charge is -2.31. The zero-order valence-corrected chi connectivity index (χ0v) is 16.6. The molecule has 0 unspecified atom stereocenters. The predicted molar refractivity (Wildman–Crippen MR) is 112 cm³/mol. The Balaban J connectivity index is 1.28. The summed E-state index contributed by atoms with van der Waals surface area (Å²) in [5, 5.41) is 6.68. The lowest BCUT2D eigenvalue weighted by molar-refractivity contribution is -0.121. The van der Waals surface area contributed by atoms with E-state index in [4.69, 9.17) is 4.74 Å². The minimum Gasteiger partial charge on any atom is -0.439 e. The number of piperidine rings is 1. The molecule has 2 amide bonds. The first-order valence-electron chi connectivity index (χ1n) is 9.50. The van der Waals surface area contributed by atoms with Crippen molar-refractivity contribution in [2.24, 2.45) is 5.92 Å². The van der Waals surface area contributed by atoms with Crippen LogP contribution in [0.4, 0.5) is 5.69 Å². The van der Waals surface area contributed by atoms with Gasteiger partial charge in [0, 0.05) is 30.5 Å². The molecular formula is C22H21N3O3S. The summed E-state index contributed by atoms with van der Waals surface area (Å²) >= 11 is 1.51. The van der Waals surface area contributed by atoms with Gasteiger partial charge in [-0.15, -0.1) is 0 Å². The maximum Gasteiger partial charge on any atom is 0.254 e. The highest BCUT2D eigenvalue weighted by molar-refractivity contribution is 7.08. The first-order chi connectivity index (χ1) is 14.2. The number of nitrogens with zero attached hydrogens (tertiary/aromatic N) is 2. The number of likely N-dealkylation sites (tertiary alicyclic amines) is 1. The Morgan fingerprint density at radius 2 is 1.86 bits per heavy atom. The highest BCUT2D eigenvalue weighted by Crippen LogP contribution is 2.23. The summed E-state index contributed by atoms with van der Waals surface area (Å²) in [7, 11) is 0. The number of ether oxygens (including phenoxy) is 1. The predicted octanol–water partition coefficient (Wildman–Crippen LogP) is 4.43. The fraction of sp³-hybridized carbons (Fsp3) is 0.227. The molecule has 0 saturated carbocycles. The number of rotatable bonds is 5. The van der Waals surface area contributed by atoms with Crippen molar-refractivity contribution in [1.29, 1.82) is 0 Å². The smallest absolute Gasteiger partial charge is 0.254 e. The van der Waals surface area contributed by atoms with Crippen LogP contribution >= 0.6 is 11.3 Å². The van der Waals surface area contributed by atoms with Gasteiger partial charge in [-0.2, -0.15) is 11.3 Å². The number of pyridine rings is 1. The molecule has 7 heteroatoms. The van der Waals surface area contributed by atoms with Gasteiger partial charge in [0.05, 0.1) is 17.4 Å². The summed E-state index contributed by atoms with van der Waals surface area (Å²) in [6, 6.07) is 14.8. The monoisotopic (exact) mass is 407 g/mol. The van der Waals surface area contributed by atoms with Gasteiger partial charge in [0.15, 0.2) is 0 Å². The third kappa shape index (κ3) is 4.81. The molecule has 0 aliphatic carbocycles. The Kier molecular flexibility index (Phi) is 5.86. The van der Waals surface area contributed by atoms with Crippen molar-refractivity contribution in [1.82, 2.24) is 9.88 Å². The Labute approximate surface area is 173 Å². The summed E-state index contributed by atoms with van der Waals surface area (Å²) in [5.41, 5.74) is 1.36. The lowest BCUT2D eigenvalue weighted by atomic mass is 9.95. The van der Waals surface area contributed by atoms with Crippen LogP contribution in [-0.4, -0.2) is 34.8 Å². The van der Waals surface area contributed by atoms with Gasteiger partial charge in [-0.25, -0.2) is 4.98 Å². The van der Waals surface area contributed by atoms with Crippen LogP contribution in [0.5, 0.6) is 11.6 Å². The van der Waals surface area contributed by atoms with Gasteiger partial charge in [0.2, 0.25) is 11.8 Å². The third-order valence-corrected chi connectivity index (χ3v) is 5.57. The second-order valence-corrected chi connectivity index (χ2v) is 7.65. The molecular weight excluding hydrogens is 386 g/mol. The number of nitrogens with one attached hydrogen (secondary N) is 1. The van der Waals surface area contributed by atoms with Crippen LogP contribution in [0.2, 0.25) is 0 Å². The van der Waals surface area contributed by atoms with Gasteiger partial charge in [0.25, 0.3) is 5.91 Å². The van der Waals surface area contributed by atoms with Crippen LogP contribution in [0, 0.1) is 5.92 Å². The van der Waals surface area contributed by atoms with Crippen molar-refractivity contribution in [2.45, 2.75) is 12.8 Å². The van der Waals surface area contributed by atoms with Crippen LogP contribution in [-0.2, 0) is 4.79 Å².